The number of nitrogens with one attached hydrogen (secondary N) is 1. The van der Waals surface area contributed by atoms with Crippen LogP contribution in [0.15, 0.2) is 24.3 Å². The van der Waals surface area contributed by atoms with Crippen molar-refractivity contribution in [3.63, 3.8) is 0 Å². The second-order valence-electron chi connectivity index (χ2n) is 8.11. The second-order valence-corrected chi connectivity index (χ2v) is 8.11. The lowest BCUT2D eigenvalue weighted by molar-refractivity contribution is -0.0815. The van der Waals surface area contributed by atoms with Crippen molar-refractivity contribution in [3.8, 4) is 0 Å². The van der Waals surface area contributed by atoms with Gasteiger partial charge in [-0.05, 0) is 49.1 Å². The van der Waals surface area contributed by atoms with Gasteiger partial charge in [-0.1, -0.05) is 18.2 Å². The van der Waals surface area contributed by atoms with Crippen LogP contribution in [-0.4, -0.2) is 52.4 Å². The van der Waals surface area contributed by atoms with Gasteiger partial charge in [0.1, 0.15) is 0 Å². The van der Waals surface area contributed by atoms with Gasteiger partial charge in [-0.15, -0.1) is 0 Å². The first kappa shape index (κ1) is 14.9. The Kier molecular flexibility index (Phi) is 3.31. The van der Waals surface area contributed by atoms with Gasteiger partial charge in [0.25, 0.3) is 0 Å². The van der Waals surface area contributed by atoms with Crippen molar-refractivity contribution >= 4 is 10.9 Å². The summed E-state index contributed by atoms with van der Waals surface area (Å²) in [5.41, 5.74) is 3.71. The molecule has 5 atom stereocenters. The molecule has 4 heterocycles. The zero-order chi connectivity index (χ0) is 16.3. The molecule has 1 aromatic heterocycles. The van der Waals surface area contributed by atoms with Crippen LogP contribution >= 0.6 is 0 Å². The smallest absolute Gasteiger partial charge is 0.0557 e. The third-order valence-electron chi connectivity index (χ3n) is 6.93. The van der Waals surface area contributed by atoms with Crippen LogP contribution in [0.5, 0.6) is 0 Å². The van der Waals surface area contributed by atoms with E-state index < -0.39 is 0 Å². The molecule has 128 valence electrons. The maximum Gasteiger partial charge on any atom is 0.0557 e. The fraction of sp³-hybridized carbons (Fsp3) is 0.600. The summed E-state index contributed by atoms with van der Waals surface area (Å²) in [4.78, 5) is 6.32. The largest absolute Gasteiger partial charge is 0.396 e. The number of rotatable bonds is 3. The minimum atomic E-state index is -0.189. The monoisotopic (exact) mass is 326 g/mol. The number of H-pyrrole nitrogens is 1. The summed E-state index contributed by atoms with van der Waals surface area (Å²) in [6.45, 7) is 2.69. The van der Waals surface area contributed by atoms with Crippen molar-refractivity contribution in [2.75, 3.05) is 26.3 Å². The van der Waals surface area contributed by atoms with Crippen LogP contribution < -0.4 is 0 Å². The standard InChI is InChI=1S/C20H26N2O2/c23-8-6-14-9-13-10-20(12-24)18-16(5-7-22(11-13)19(14)20)15-3-1-2-4-17(15)21-18/h1-4,13-14,19,21,23-24H,5-12H2/t13-,14+,19+,20-/m1/s1. The Balaban J connectivity index is 1.73. The van der Waals surface area contributed by atoms with Gasteiger partial charge in [0.15, 0.2) is 0 Å². The van der Waals surface area contributed by atoms with E-state index in [1.165, 1.54) is 28.6 Å². The van der Waals surface area contributed by atoms with E-state index >= 15 is 0 Å². The number of benzene rings is 1. The summed E-state index contributed by atoms with van der Waals surface area (Å²) >= 11 is 0. The van der Waals surface area contributed by atoms with Crippen molar-refractivity contribution in [1.29, 1.82) is 0 Å². The highest BCUT2D eigenvalue weighted by atomic mass is 16.3. The lowest BCUT2D eigenvalue weighted by atomic mass is 9.56. The third-order valence-corrected chi connectivity index (χ3v) is 6.93. The number of piperidine rings is 2. The maximum atomic E-state index is 10.6. The van der Waals surface area contributed by atoms with E-state index in [2.05, 4.69) is 34.1 Å². The zero-order valence-corrected chi connectivity index (χ0v) is 14.0. The summed E-state index contributed by atoms with van der Waals surface area (Å²) < 4.78 is 0. The molecular formula is C20H26N2O2. The van der Waals surface area contributed by atoms with Crippen molar-refractivity contribution in [3.05, 3.63) is 35.5 Å². The summed E-state index contributed by atoms with van der Waals surface area (Å²) in [7, 11) is 0. The van der Waals surface area contributed by atoms with E-state index in [4.69, 9.17) is 0 Å². The maximum absolute atomic E-state index is 10.6. The van der Waals surface area contributed by atoms with E-state index in [0.717, 1.165) is 32.4 Å². The molecule has 1 saturated carbocycles. The van der Waals surface area contributed by atoms with Crippen molar-refractivity contribution in [2.45, 2.75) is 37.1 Å². The highest BCUT2D eigenvalue weighted by molar-refractivity contribution is 5.85. The zero-order valence-electron chi connectivity index (χ0n) is 14.0. The lowest BCUT2D eigenvalue weighted by Crippen LogP contribution is -2.65. The summed E-state index contributed by atoms with van der Waals surface area (Å²) in [6, 6.07) is 8.91. The fourth-order valence-electron chi connectivity index (χ4n) is 6.26. The van der Waals surface area contributed by atoms with Crippen molar-refractivity contribution in [2.24, 2.45) is 11.8 Å². The predicted octanol–water partition coefficient (Wildman–Crippen LogP) is 2.05. The van der Waals surface area contributed by atoms with Crippen LogP contribution in [0.2, 0.25) is 0 Å². The Hall–Kier alpha value is -1.36. The molecule has 1 unspecified atom stereocenters. The molecule has 3 N–H and O–H groups in total. The SMILES string of the molecule is OCC[C@H]1C[C@H]2CN3CCc4c([nH]c5ccccc45)[C@](CO)(C2)[C@H]13. The molecule has 0 radical (unpaired) electrons. The van der Waals surface area contributed by atoms with Gasteiger partial charge in [-0.3, -0.25) is 4.90 Å². The molecule has 4 aliphatic rings. The molecule has 0 spiro atoms. The molecule has 24 heavy (non-hydrogen) atoms. The topological polar surface area (TPSA) is 59.5 Å². The van der Waals surface area contributed by atoms with Crippen LogP contribution in [0.3, 0.4) is 0 Å². The minimum absolute atomic E-state index is 0.189. The first-order valence-corrected chi connectivity index (χ1v) is 9.32. The van der Waals surface area contributed by atoms with Gasteiger partial charge in [0.05, 0.1) is 6.61 Å². The van der Waals surface area contributed by atoms with Crippen LogP contribution in [0.4, 0.5) is 0 Å². The number of fused-ring (bicyclic) bond motifs is 4. The number of aliphatic hydroxyl groups excluding tert-OH is 2. The molecule has 4 bridgehead atoms. The molecule has 3 fully saturated rings. The summed E-state index contributed by atoms with van der Waals surface area (Å²) in [5, 5.41) is 21.5. The van der Waals surface area contributed by atoms with Gasteiger partial charge in [-0.2, -0.15) is 0 Å². The van der Waals surface area contributed by atoms with Gasteiger partial charge in [-0.25, -0.2) is 0 Å². The highest BCUT2D eigenvalue weighted by Crippen LogP contribution is 2.54. The molecule has 0 amide bonds. The minimum Gasteiger partial charge on any atom is -0.396 e. The van der Waals surface area contributed by atoms with Gasteiger partial charge < -0.3 is 15.2 Å². The summed E-state index contributed by atoms with van der Waals surface area (Å²) in [6.07, 6.45) is 4.19. The van der Waals surface area contributed by atoms with Crippen LogP contribution in [0, 0.1) is 11.8 Å². The second kappa shape index (κ2) is 5.32. The number of nitrogens with zero attached hydrogens (tertiary/aromatic N) is 1. The first-order valence-electron chi connectivity index (χ1n) is 9.32. The molecule has 6 rings (SSSR count). The van der Waals surface area contributed by atoms with E-state index in [-0.39, 0.29) is 18.6 Å². The molecule has 4 heteroatoms. The Bertz CT molecular complexity index is 770. The van der Waals surface area contributed by atoms with Crippen LogP contribution in [-0.2, 0) is 11.8 Å². The number of aromatic amines is 1. The van der Waals surface area contributed by atoms with Crippen LogP contribution in [0.25, 0.3) is 10.9 Å². The molecule has 4 nitrogen and oxygen atoms in total. The molecule has 3 aliphatic heterocycles. The van der Waals surface area contributed by atoms with E-state index in [1.807, 2.05) is 0 Å². The Morgan fingerprint density at radius 3 is 2.96 bits per heavy atom. The number of hydrogen-bond donors (Lipinski definition) is 3. The Morgan fingerprint density at radius 1 is 1.25 bits per heavy atom. The van der Waals surface area contributed by atoms with Gasteiger partial charge in [0, 0.05) is 47.8 Å². The van der Waals surface area contributed by atoms with Gasteiger partial charge in [0.2, 0.25) is 0 Å². The van der Waals surface area contributed by atoms with E-state index in [0.29, 0.717) is 17.9 Å². The number of hydrogen-bond acceptors (Lipinski definition) is 3. The molecule has 2 aromatic rings. The number of para-hydroxylation sites is 1. The lowest BCUT2D eigenvalue weighted by Gasteiger charge is -2.59. The molecular weight excluding hydrogens is 300 g/mol. The average Bonchev–Trinajstić information content (AvgIpc) is 2.95. The normalized spacial score (nSPS) is 37.4. The van der Waals surface area contributed by atoms with Crippen molar-refractivity contribution < 1.29 is 10.2 Å². The van der Waals surface area contributed by atoms with Crippen LogP contribution in [0.1, 0.15) is 30.5 Å². The molecule has 1 aromatic carbocycles. The quantitative estimate of drug-likeness (QED) is 0.809. The van der Waals surface area contributed by atoms with Gasteiger partial charge >= 0.3 is 0 Å². The third kappa shape index (κ3) is 1.85. The average molecular weight is 326 g/mol. The first-order chi connectivity index (χ1) is 11.8. The number of aromatic nitrogens is 1. The molecule has 1 aliphatic carbocycles. The number of aliphatic hydroxyl groups is 2. The fourth-order valence-corrected chi connectivity index (χ4v) is 6.26. The summed E-state index contributed by atoms with van der Waals surface area (Å²) in [5.74, 6) is 1.13. The highest BCUT2D eigenvalue weighted by Gasteiger charge is 2.57. The van der Waals surface area contributed by atoms with Crippen molar-refractivity contribution in [1.82, 2.24) is 9.88 Å². The predicted molar refractivity (Wildman–Crippen MR) is 94.0 cm³/mol. The molecule has 2 saturated heterocycles. The Labute approximate surface area is 142 Å². The van der Waals surface area contributed by atoms with E-state index in [1.54, 1.807) is 0 Å². The Morgan fingerprint density at radius 2 is 2.12 bits per heavy atom. The van der Waals surface area contributed by atoms with E-state index in [9.17, 15) is 10.2 Å².